The molecule has 1 aliphatic heterocycles. The predicted octanol–water partition coefficient (Wildman–Crippen LogP) is 3.86. The standard InChI is InChI=1S/C22H33N5O.HI/c1-4-23-21(25-17-22(3)13-9-15-28-22)24-14-8-10-19-16-27(26-18(19)2)20-11-6-5-7-12-20;/h5-7,11-12,16H,4,8-10,13-15,17H2,1-3H3,(H2,23,24,25);1H. The molecule has 3 rings (SSSR count). The molecule has 160 valence electrons. The molecule has 0 radical (unpaired) electrons. The van der Waals surface area contributed by atoms with Gasteiger partial charge in [0.25, 0.3) is 0 Å². The van der Waals surface area contributed by atoms with Crippen LogP contribution in [0.15, 0.2) is 41.5 Å². The highest BCUT2D eigenvalue weighted by molar-refractivity contribution is 14.0. The van der Waals surface area contributed by atoms with Gasteiger partial charge in [0.15, 0.2) is 5.96 Å². The van der Waals surface area contributed by atoms with Crippen molar-refractivity contribution in [2.75, 3.05) is 26.2 Å². The topological polar surface area (TPSA) is 63.5 Å². The lowest BCUT2D eigenvalue weighted by molar-refractivity contribution is 0.0283. The predicted molar refractivity (Wildman–Crippen MR) is 130 cm³/mol. The molecule has 2 heterocycles. The summed E-state index contributed by atoms with van der Waals surface area (Å²) < 4.78 is 7.80. The Hall–Kier alpha value is -1.61. The van der Waals surface area contributed by atoms with E-state index in [0.717, 1.165) is 62.7 Å². The number of ether oxygens (including phenoxy) is 1. The second-order valence-electron chi connectivity index (χ2n) is 7.65. The van der Waals surface area contributed by atoms with Gasteiger partial charge in [-0.3, -0.25) is 4.99 Å². The highest BCUT2D eigenvalue weighted by atomic mass is 127. The molecular weight excluding hydrogens is 477 g/mol. The van der Waals surface area contributed by atoms with Gasteiger partial charge in [0, 0.05) is 25.9 Å². The van der Waals surface area contributed by atoms with Gasteiger partial charge in [0.1, 0.15) is 0 Å². The zero-order valence-electron chi connectivity index (χ0n) is 17.8. The summed E-state index contributed by atoms with van der Waals surface area (Å²) in [6.45, 7) is 9.60. The maximum atomic E-state index is 5.83. The number of benzene rings is 1. The lowest BCUT2D eigenvalue weighted by atomic mass is 10.0. The van der Waals surface area contributed by atoms with E-state index in [1.54, 1.807) is 0 Å². The minimum absolute atomic E-state index is 0. The van der Waals surface area contributed by atoms with Crippen molar-refractivity contribution in [3.8, 4) is 5.69 Å². The van der Waals surface area contributed by atoms with Gasteiger partial charge in [0.05, 0.1) is 23.5 Å². The van der Waals surface area contributed by atoms with Crippen molar-refractivity contribution in [2.45, 2.75) is 52.1 Å². The van der Waals surface area contributed by atoms with Crippen molar-refractivity contribution in [3.05, 3.63) is 47.8 Å². The molecule has 2 N–H and O–H groups in total. The summed E-state index contributed by atoms with van der Waals surface area (Å²) in [5, 5.41) is 11.4. The zero-order chi connectivity index (χ0) is 19.8. The van der Waals surface area contributed by atoms with Crippen LogP contribution in [-0.2, 0) is 11.2 Å². The lowest BCUT2D eigenvalue weighted by Crippen LogP contribution is -2.39. The van der Waals surface area contributed by atoms with Crippen LogP contribution >= 0.6 is 24.0 Å². The van der Waals surface area contributed by atoms with E-state index in [1.807, 2.05) is 22.9 Å². The van der Waals surface area contributed by atoms with Gasteiger partial charge in [0.2, 0.25) is 0 Å². The molecule has 1 atom stereocenters. The van der Waals surface area contributed by atoms with Gasteiger partial charge in [-0.1, -0.05) is 18.2 Å². The summed E-state index contributed by atoms with van der Waals surface area (Å²) in [6, 6.07) is 10.2. The van der Waals surface area contributed by atoms with E-state index in [4.69, 9.17) is 9.73 Å². The molecule has 0 aliphatic carbocycles. The fourth-order valence-electron chi connectivity index (χ4n) is 3.49. The van der Waals surface area contributed by atoms with Gasteiger partial charge in [-0.15, -0.1) is 24.0 Å². The van der Waals surface area contributed by atoms with Crippen LogP contribution in [0.4, 0.5) is 0 Å². The van der Waals surface area contributed by atoms with Crippen molar-refractivity contribution >= 4 is 29.9 Å². The second-order valence-corrected chi connectivity index (χ2v) is 7.65. The third kappa shape index (κ3) is 6.99. The molecule has 1 saturated heterocycles. The first-order valence-corrected chi connectivity index (χ1v) is 10.4. The largest absolute Gasteiger partial charge is 0.373 e. The van der Waals surface area contributed by atoms with Crippen LogP contribution in [0.2, 0.25) is 0 Å². The Bertz CT molecular complexity index is 769. The van der Waals surface area contributed by atoms with E-state index in [0.29, 0.717) is 6.54 Å². The normalized spacial score (nSPS) is 19.1. The molecule has 0 amide bonds. The Morgan fingerprint density at radius 3 is 2.76 bits per heavy atom. The summed E-state index contributed by atoms with van der Waals surface area (Å²) in [4.78, 5) is 4.73. The summed E-state index contributed by atoms with van der Waals surface area (Å²) in [5.74, 6) is 0.871. The number of nitrogens with one attached hydrogen (secondary N) is 2. The minimum atomic E-state index is -0.106. The molecule has 0 bridgehead atoms. The molecule has 1 aliphatic rings. The Balaban J connectivity index is 0.00000300. The number of hydrogen-bond acceptors (Lipinski definition) is 3. The number of hydrogen-bond donors (Lipinski definition) is 2. The van der Waals surface area contributed by atoms with Crippen LogP contribution in [0.5, 0.6) is 0 Å². The van der Waals surface area contributed by atoms with E-state index in [2.05, 4.69) is 54.8 Å². The fourth-order valence-corrected chi connectivity index (χ4v) is 3.49. The number of aromatic nitrogens is 2. The highest BCUT2D eigenvalue weighted by Crippen LogP contribution is 2.25. The molecule has 0 saturated carbocycles. The van der Waals surface area contributed by atoms with Crippen LogP contribution in [0, 0.1) is 6.92 Å². The average Bonchev–Trinajstić information content (AvgIpc) is 3.30. The highest BCUT2D eigenvalue weighted by Gasteiger charge is 2.29. The van der Waals surface area contributed by atoms with E-state index >= 15 is 0 Å². The van der Waals surface area contributed by atoms with E-state index in [9.17, 15) is 0 Å². The maximum Gasteiger partial charge on any atom is 0.191 e. The smallest absolute Gasteiger partial charge is 0.191 e. The van der Waals surface area contributed by atoms with Crippen molar-refractivity contribution < 1.29 is 4.74 Å². The summed E-state index contributed by atoms with van der Waals surface area (Å²) in [6.07, 6.45) is 6.38. The van der Waals surface area contributed by atoms with Gasteiger partial charge >= 0.3 is 0 Å². The van der Waals surface area contributed by atoms with Gasteiger partial charge in [-0.2, -0.15) is 5.10 Å². The first kappa shape index (κ1) is 23.7. The van der Waals surface area contributed by atoms with E-state index in [1.165, 1.54) is 5.56 Å². The van der Waals surface area contributed by atoms with Crippen molar-refractivity contribution in [1.82, 2.24) is 20.4 Å². The van der Waals surface area contributed by atoms with Crippen LogP contribution in [0.1, 0.15) is 44.4 Å². The maximum absolute atomic E-state index is 5.83. The monoisotopic (exact) mass is 511 g/mol. The minimum Gasteiger partial charge on any atom is -0.373 e. The molecule has 1 unspecified atom stereocenters. The molecule has 1 fully saturated rings. The van der Waals surface area contributed by atoms with Gasteiger partial charge in [-0.25, -0.2) is 4.68 Å². The first-order valence-electron chi connectivity index (χ1n) is 10.4. The summed E-state index contributed by atoms with van der Waals surface area (Å²) >= 11 is 0. The molecule has 1 aromatic heterocycles. The molecule has 1 aromatic carbocycles. The number of aryl methyl sites for hydroxylation is 2. The van der Waals surface area contributed by atoms with Crippen LogP contribution in [0.25, 0.3) is 5.69 Å². The zero-order valence-corrected chi connectivity index (χ0v) is 20.1. The Morgan fingerprint density at radius 2 is 2.07 bits per heavy atom. The number of halogens is 1. The third-order valence-corrected chi connectivity index (χ3v) is 5.15. The van der Waals surface area contributed by atoms with E-state index in [-0.39, 0.29) is 29.6 Å². The third-order valence-electron chi connectivity index (χ3n) is 5.15. The van der Waals surface area contributed by atoms with Crippen molar-refractivity contribution in [1.29, 1.82) is 0 Å². The number of rotatable bonds is 8. The number of para-hydroxylation sites is 1. The lowest BCUT2D eigenvalue weighted by Gasteiger charge is -2.21. The average molecular weight is 511 g/mol. The van der Waals surface area contributed by atoms with Crippen molar-refractivity contribution in [2.24, 2.45) is 4.99 Å². The van der Waals surface area contributed by atoms with Gasteiger partial charge < -0.3 is 15.4 Å². The van der Waals surface area contributed by atoms with Gasteiger partial charge in [-0.05, 0) is 64.2 Å². The molecule has 0 spiro atoms. The molecular formula is C22H34IN5O. The molecule has 2 aromatic rings. The van der Waals surface area contributed by atoms with E-state index < -0.39 is 0 Å². The second kappa shape index (κ2) is 11.5. The quantitative estimate of drug-likeness (QED) is 0.245. The Labute approximate surface area is 191 Å². The van der Waals surface area contributed by atoms with Crippen LogP contribution in [0.3, 0.4) is 0 Å². The fraction of sp³-hybridized carbons (Fsp3) is 0.545. The summed E-state index contributed by atoms with van der Waals surface area (Å²) in [7, 11) is 0. The first-order chi connectivity index (χ1) is 13.6. The van der Waals surface area contributed by atoms with Crippen LogP contribution < -0.4 is 10.6 Å². The molecule has 6 nitrogen and oxygen atoms in total. The van der Waals surface area contributed by atoms with Crippen molar-refractivity contribution in [3.63, 3.8) is 0 Å². The SMILES string of the molecule is CCNC(=NCC1(C)CCCO1)NCCCc1cn(-c2ccccc2)nc1C.I. The Morgan fingerprint density at radius 1 is 1.28 bits per heavy atom. The molecule has 29 heavy (non-hydrogen) atoms. The molecule has 7 heteroatoms. The number of aliphatic imine (C=N–C) groups is 1. The summed E-state index contributed by atoms with van der Waals surface area (Å²) in [5.41, 5.74) is 3.38. The van der Waals surface area contributed by atoms with Crippen LogP contribution in [-0.4, -0.2) is 47.6 Å². The number of nitrogens with zero attached hydrogens (tertiary/aromatic N) is 3. The Kier molecular flexibility index (Phi) is 9.42. The number of guanidine groups is 1.